The van der Waals surface area contributed by atoms with E-state index < -0.39 is 30.4 Å². The SMILES string of the molecule is Cc1ccc(-c2c(C(C)(CCC(F)(F)F)C(=O)O)c(C)nc3sc4c(c23)CCCC4)cc1. The number of aryl methyl sites for hydroxylation is 4. The summed E-state index contributed by atoms with van der Waals surface area (Å²) in [6, 6.07) is 7.78. The lowest BCUT2D eigenvalue weighted by Crippen LogP contribution is -2.35. The first kappa shape index (κ1) is 22.8. The average Bonchev–Trinajstić information content (AvgIpc) is 3.09. The molecule has 7 heteroatoms. The standard InChI is InChI=1S/C25H26F3NO2S/c1-14-8-10-16(11-9-14)19-20-17-6-4-5-7-18(17)32-22(20)29-15(2)21(19)24(3,23(30)31)12-13-25(26,27)28/h8-11H,4-7,12-13H2,1-3H3,(H,30,31). The van der Waals surface area contributed by atoms with Crippen molar-refractivity contribution in [3.05, 3.63) is 51.5 Å². The summed E-state index contributed by atoms with van der Waals surface area (Å²) in [6.07, 6.45) is -2.15. The molecule has 32 heavy (non-hydrogen) atoms. The first-order chi connectivity index (χ1) is 15.0. The highest BCUT2D eigenvalue weighted by Gasteiger charge is 2.43. The van der Waals surface area contributed by atoms with Gasteiger partial charge in [-0.15, -0.1) is 11.3 Å². The predicted octanol–water partition coefficient (Wildman–Crippen LogP) is 7.14. The fourth-order valence-corrected chi connectivity index (χ4v) is 6.13. The van der Waals surface area contributed by atoms with Crippen LogP contribution in [0, 0.1) is 13.8 Å². The van der Waals surface area contributed by atoms with Crippen LogP contribution in [0.3, 0.4) is 0 Å². The molecular formula is C25H26F3NO2S. The molecule has 1 unspecified atom stereocenters. The van der Waals surface area contributed by atoms with Gasteiger partial charge in [0, 0.05) is 22.4 Å². The Labute approximate surface area is 189 Å². The van der Waals surface area contributed by atoms with Gasteiger partial charge in [0.1, 0.15) is 4.83 Å². The van der Waals surface area contributed by atoms with Crippen LogP contribution in [-0.4, -0.2) is 22.2 Å². The first-order valence-electron chi connectivity index (χ1n) is 10.8. The molecule has 0 saturated carbocycles. The lowest BCUT2D eigenvalue weighted by Gasteiger charge is -2.30. The molecule has 170 valence electrons. The number of fused-ring (bicyclic) bond motifs is 3. The fourth-order valence-electron chi connectivity index (χ4n) is 4.82. The van der Waals surface area contributed by atoms with Crippen LogP contribution < -0.4 is 0 Å². The Morgan fingerprint density at radius 1 is 1.09 bits per heavy atom. The zero-order valence-electron chi connectivity index (χ0n) is 18.4. The molecule has 0 bridgehead atoms. The van der Waals surface area contributed by atoms with E-state index in [0.717, 1.165) is 52.6 Å². The molecule has 1 aromatic carbocycles. The van der Waals surface area contributed by atoms with Gasteiger partial charge >= 0.3 is 12.1 Å². The van der Waals surface area contributed by atoms with E-state index in [1.54, 1.807) is 18.3 Å². The van der Waals surface area contributed by atoms with Gasteiger partial charge in [0.05, 0.1) is 5.41 Å². The Morgan fingerprint density at radius 2 is 1.75 bits per heavy atom. The molecule has 1 N–H and O–H groups in total. The summed E-state index contributed by atoms with van der Waals surface area (Å²) >= 11 is 1.63. The minimum Gasteiger partial charge on any atom is -0.481 e. The van der Waals surface area contributed by atoms with E-state index >= 15 is 0 Å². The molecule has 0 aliphatic heterocycles. The van der Waals surface area contributed by atoms with Gasteiger partial charge in [-0.2, -0.15) is 13.2 Å². The number of benzene rings is 1. The summed E-state index contributed by atoms with van der Waals surface area (Å²) in [6.45, 7) is 5.10. The molecule has 1 aliphatic rings. The Bertz CT molecular complexity index is 1180. The van der Waals surface area contributed by atoms with Crippen molar-refractivity contribution in [1.82, 2.24) is 4.98 Å². The number of pyridine rings is 1. The molecule has 0 saturated heterocycles. The van der Waals surface area contributed by atoms with Crippen molar-refractivity contribution in [3.63, 3.8) is 0 Å². The number of halogens is 3. The number of carbonyl (C=O) groups is 1. The lowest BCUT2D eigenvalue weighted by atomic mass is 9.73. The van der Waals surface area contributed by atoms with E-state index in [4.69, 9.17) is 4.98 Å². The van der Waals surface area contributed by atoms with Crippen molar-refractivity contribution < 1.29 is 23.1 Å². The molecule has 0 radical (unpaired) electrons. The zero-order valence-corrected chi connectivity index (χ0v) is 19.2. The number of hydrogen-bond acceptors (Lipinski definition) is 3. The summed E-state index contributed by atoms with van der Waals surface area (Å²) in [5.74, 6) is -1.26. The highest BCUT2D eigenvalue weighted by atomic mass is 32.1. The zero-order chi connectivity index (χ0) is 23.3. The van der Waals surface area contributed by atoms with Crippen molar-refractivity contribution in [2.75, 3.05) is 0 Å². The molecule has 0 spiro atoms. The third-order valence-electron chi connectivity index (χ3n) is 6.56. The molecule has 3 aromatic rings. The molecule has 1 aliphatic carbocycles. The summed E-state index contributed by atoms with van der Waals surface area (Å²) in [5.41, 5.74) is 2.97. The number of rotatable bonds is 5. The highest BCUT2D eigenvalue weighted by molar-refractivity contribution is 7.19. The number of aliphatic carboxylic acids is 1. The van der Waals surface area contributed by atoms with Gasteiger partial charge in [-0.25, -0.2) is 4.98 Å². The average molecular weight is 462 g/mol. The van der Waals surface area contributed by atoms with Crippen LogP contribution in [0.4, 0.5) is 13.2 Å². The van der Waals surface area contributed by atoms with Gasteiger partial charge in [-0.3, -0.25) is 4.79 Å². The third kappa shape index (κ3) is 4.03. The van der Waals surface area contributed by atoms with Crippen molar-refractivity contribution in [2.45, 2.75) is 70.9 Å². The number of thiophene rings is 1. The largest absolute Gasteiger partial charge is 0.481 e. The number of nitrogens with zero attached hydrogens (tertiary/aromatic N) is 1. The maximum atomic E-state index is 13.2. The van der Waals surface area contributed by atoms with E-state index in [1.165, 1.54) is 17.4 Å². The van der Waals surface area contributed by atoms with Gasteiger partial charge in [0.15, 0.2) is 0 Å². The van der Waals surface area contributed by atoms with E-state index in [2.05, 4.69) is 0 Å². The summed E-state index contributed by atoms with van der Waals surface area (Å²) < 4.78 is 39.5. The van der Waals surface area contributed by atoms with Crippen LogP contribution in [0.5, 0.6) is 0 Å². The smallest absolute Gasteiger partial charge is 0.389 e. The Morgan fingerprint density at radius 3 is 2.38 bits per heavy atom. The minimum absolute atomic E-state index is 0.400. The normalized spacial score (nSPS) is 16.1. The molecule has 1 atom stereocenters. The van der Waals surface area contributed by atoms with Crippen LogP contribution in [-0.2, 0) is 23.1 Å². The van der Waals surface area contributed by atoms with Crippen LogP contribution in [0.2, 0.25) is 0 Å². The summed E-state index contributed by atoms with van der Waals surface area (Å²) in [7, 11) is 0. The number of alkyl halides is 3. The van der Waals surface area contributed by atoms with Crippen LogP contribution in [0.25, 0.3) is 21.3 Å². The molecule has 4 rings (SSSR count). The van der Waals surface area contributed by atoms with Gasteiger partial charge in [0.2, 0.25) is 0 Å². The molecular weight excluding hydrogens is 435 g/mol. The Balaban J connectivity index is 2.07. The van der Waals surface area contributed by atoms with Gasteiger partial charge < -0.3 is 5.11 Å². The van der Waals surface area contributed by atoms with Crippen LogP contribution >= 0.6 is 11.3 Å². The first-order valence-corrected chi connectivity index (χ1v) is 11.7. The second kappa shape index (κ2) is 8.18. The number of hydrogen-bond donors (Lipinski definition) is 1. The van der Waals surface area contributed by atoms with Crippen LogP contribution in [0.1, 0.15) is 59.9 Å². The maximum absolute atomic E-state index is 13.2. The second-order valence-corrected chi connectivity index (χ2v) is 10.0. The number of carboxylic acids is 1. The fraction of sp³-hybridized carbons (Fsp3) is 0.440. The topological polar surface area (TPSA) is 50.2 Å². The molecule has 2 heterocycles. The lowest BCUT2D eigenvalue weighted by molar-refractivity contribution is -0.150. The van der Waals surface area contributed by atoms with E-state index in [0.29, 0.717) is 11.3 Å². The maximum Gasteiger partial charge on any atom is 0.389 e. The molecule has 2 aromatic heterocycles. The van der Waals surface area contributed by atoms with Gasteiger partial charge in [0.25, 0.3) is 0 Å². The second-order valence-electron chi connectivity index (χ2n) is 8.96. The van der Waals surface area contributed by atoms with Gasteiger partial charge in [-0.05, 0) is 75.1 Å². The molecule has 0 amide bonds. The Kier molecular flexibility index (Phi) is 5.82. The monoisotopic (exact) mass is 461 g/mol. The minimum atomic E-state index is -4.44. The highest BCUT2D eigenvalue weighted by Crippen LogP contribution is 2.48. The van der Waals surface area contributed by atoms with Gasteiger partial charge in [-0.1, -0.05) is 29.8 Å². The summed E-state index contributed by atoms with van der Waals surface area (Å²) in [5, 5.41) is 11.1. The van der Waals surface area contributed by atoms with Crippen molar-refractivity contribution in [3.8, 4) is 11.1 Å². The van der Waals surface area contributed by atoms with E-state index in [9.17, 15) is 23.1 Å². The van der Waals surface area contributed by atoms with E-state index in [1.807, 2.05) is 31.2 Å². The van der Waals surface area contributed by atoms with Crippen molar-refractivity contribution >= 4 is 27.5 Å². The molecule has 0 fully saturated rings. The predicted molar refractivity (Wildman–Crippen MR) is 121 cm³/mol. The quantitative estimate of drug-likeness (QED) is 0.439. The Hall–Kier alpha value is -2.41. The van der Waals surface area contributed by atoms with Crippen molar-refractivity contribution in [1.29, 1.82) is 0 Å². The van der Waals surface area contributed by atoms with Crippen LogP contribution in [0.15, 0.2) is 24.3 Å². The molecule has 3 nitrogen and oxygen atoms in total. The third-order valence-corrected chi connectivity index (χ3v) is 7.74. The van der Waals surface area contributed by atoms with E-state index in [-0.39, 0.29) is 0 Å². The summed E-state index contributed by atoms with van der Waals surface area (Å²) in [4.78, 5) is 19.4. The number of carboxylic acid groups (broad SMARTS) is 1. The number of aromatic nitrogens is 1. The van der Waals surface area contributed by atoms with Crippen molar-refractivity contribution in [2.24, 2.45) is 0 Å².